The Morgan fingerprint density at radius 3 is 2.93 bits per heavy atom. The Morgan fingerprint density at radius 1 is 1.39 bits per heavy atom. The number of aryl methyl sites for hydroxylation is 1. The molecule has 28 heavy (non-hydrogen) atoms. The Labute approximate surface area is 170 Å². The van der Waals surface area contributed by atoms with Gasteiger partial charge in [-0.2, -0.15) is 0 Å². The standard InChI is InChI=1S/C20H16ClN3O3S/c1-3-8-24(11-13-6-7-17(21)28-13)20(25)14-10-15(16-5-4-9-26-16)22-19-18(14)12(2)23-27-19/h3-7,9-10H,1,8,11H2,2H3. The number of carbonyl (C=O) groups excluding carboxylic acids is 1. The fraction of sp³-hybridized carbons (Fsp3) is 0.150. The van der Waals surface area contributed by atoms with Crippen molar-refractivity contribution >= 4 is 39.9 Å². The average Bonchev–Trinajstić information content (AvgIpc) is 3.42. The van der Waals surface area contributed by atoms with Crippen LogP contribution in [0, 0.1) is 6.92 Å². The lowest BCUT2D eigenvalue weighted by Gasteiger charge is -2.21. The minimum atomic E-state index is -0.170. The van der Waals surface area contributed by atoms with Crippen molar-refractivity contribution in [3.8, 4) is 11.5 Å². The highest BCUT2D eigenvalue weighted by atomic mass is 35.5. The molecule has 0 saturated carbocycles. The summed E-state index contributed by atoms with van der Waals surface area (Å²) in [6.07, 6.45) is 3.25. The Kier molecular flexibility index (Phi) is 5.02. The Balaban J connectivity index is 1.79. The van der Waals surface area contributed by atoms with Gasteiger partial charge >= 0.3 is 0 Å². The monoisotopic (exact) mass is 413 g/mol. The van der Waals surface area contributed by atoms with Gasteiger partial charge in [0.05, 0.1) is 33.8 Å². The van der Waals surface area contributed by atoms with Gasteiger partial charge in [-0.25, -0.2) is 4.98 Å². The van der Waals surface area contributed by atoms with Gasteiger partial charge in [0.25, 0.3) is 11.6 Å². The van der Waals surface area contributed by atoms with Crippen LogP contribution < -0.4 is 0 Å². The van der Waals surface area contributed by atoms with Gasteiger partial charge in [0.1, 0.15) is 5.69 Å². The quantitative estimate of drug-likeness (QED) is 0.399. The zero-order valence-corrected chi connectivity index (χ0v) is 16.6. The van der Waals surface area contributed by atoms with E-state index in [-0.39, 0.29) is 5.91 Å². The lowest BCUT2D eigenvalue weighted by atomic mass is 10.1. The summed E-state index contributed by atoms with van der Waals surface area (Å²) < 4.78 is 11.5. The van der Waals surface area contributed by atoms with Crippen molar-refractivity contribution in [3.05, 3.63) is 69.7 Å². The van der Waals surface area contributed by atoms with E-state index in [1.165, 1.54) is 11.3 Å². The first-order valence-electron chi connectivity index (χ1n) is 8.52. The summed E-state index contributed by atoms with van der Waals surface area (Å²) >= 11 is 7.48. The van der Waals surface area contributed by atoms with Crippen LogP contribution >= 0.6 is 22.9 Å². The number of thiophene rings is 1. The number of nitrogens with zero attached hydrogens (tertiary/aromatic N) is 3. The van der Waals surface area contributed by atoms with Crippen molar-refractivity contribution in [2.75, 3.05) is 6.54 Å². The molecule has 4 aromatic rings. The summed E-state index contributed by atoms with van der Waals surface area (Å²) in [7, 11) is 0. The molecule has 0 aliphatic heterocycles. The second-order valence-corrected chi connectivity index (χ2v) is 7.96. The molecule has 0 unspecified atom stereocenters. The summed E-state index contributed by atoms with van der Waals surface area (Å²) in [5, 5.41) is 4.58. The summed E-state index contributed by atoms with van der Waals surface area (Å²) in [5.41, 5.74) is 1.87. The van der Waals surface area contributed by atoms with E-state index in [1.54, 1.807) is 42.4 Å². The van der Waals surface area contributed by atoms with Crippen LogP contribution in [0.1, 0.15) is 20.9 Å². The molecular weight excluding hydrogens is 398 g/mol. The molecule has 6 nitrogen and oxygen atoms in total. The molecule has 0 saturated heterocycles. The molecule has 0 bridgehead atoms. The van der Waals surface area contributed by atoms with Crippen molar-refractivity contribution < 1.29 is 13.7 Å². The Hall–Kier alpha value is -2.90. The zero-order chi connectivity index (χ0) is 19.7. The number of fused-ring (bicyclic) bond motifs is 1. The molecule has 0 aliphatic rings. The number of carbonyl (C=O) groups is 1. The largest absolute Gasteiger partial charge is 0.463 e. The first-order chi connectivity index (χ1) is 13.6. The number of amides is 1. The lowest BCUT2D eigenvalue weighted by molar-refractivity contribution is 0.0766. The van der Waals surface area contributed by atoms with Gasteiger partial charge in [-0.3, -0.25) is 4.79 Å². The third-order valence-electron chi connectivity index (χ3n) is 4.23. The average molecular weight is 414 g/mol. The van der Waals surface area contributed by atoms with Crippen LogP contribution in [0.4, 0.5) is 0 Å². The van der Waals surface area contributed by atoms with Crippen molar-refractivity contribution in [2.45, 2.75) is 13.5 Å². The van der Waals surface area contributed by atoms with Gasteiger partial charge in [-0.05, 0) is 37.3 Å². The molecule has 4 aromatic heterocycles. The SMILES string of the molecule is C=CCN(Cc1ccc(Cl)s1)C(=O)c1cc(-c2ccco2)nc2onc(C)c12. The van der Waals surface area contributed by atoms with Crippen LogP contribution in [0.25, 0.3) is 22.6 Å². The van der Waals surface area contributed by atoms with E-state index in [0.717, 1.165) is 4.88 Å². The third kappa shape index (κ3) is 3.46. The number of halogens is 1. The minimum absolute atomic E-state index is 0.170. The van der Waals surface area contributed by atoms with Gasteiger partial charge < -0.3 is 13.8 Å². The summed E-state index contributed by atoms with van der Waals surface area (Å²) in [5.74, 6) is 0.376. The minimum Gasteiger partial charge on any atom is -0.463 e. The van der Waals surface area contributed by atoms with Crippen LogP contribution in [0.3, 0.4) is 0 Å². The maximum absolute atomic E-state index is 13.5. The molecule has 0 fully saturated rings. The van der Waals surface area contributed by atoms with E-state index >= 15 is 0 Å². The predicted molar refractivity (Wildman–Crippen MR) is 109 cm³/mol. The number of hydrogen-bond donors (Lipinski definition) is 0. The Bertz CT molecular complexity index is 1150. The summed E-state index contributed by atoms with van der Waals surface area (Å²) in [6, 6.07) is 8.99. The van der Waals surface area contributed by atoms with Crippen LogP contribution in [-0.2, 0) is 6.54 Å². The van der Waals surface area contributed by atoms with E-state index in [4.69, 9.17) is 20.5 Å². The van der Waals surface area contributed by atoms with Crippen molar-refractivity contribution in [1.29, 1.82) is 0 Å². The molecule has 142 valence electrons. The highest BCUT2D eigenvalue weighted by molar-refractivity contribution is 7.16. The normalized spacial score (nSPS) is 11.1. The predicted octanol–water partition coefficient (Wildman–Crippen LogP) is 5.33. The number of rotatable bonds is 6. The number of furan rings is 1. The van der Waals surface area contributed by atoms with Crippen LogP contribution in [0.2, 0.25) is 4.34 Å². The molecule has 1 amide bonds. The smallest absolute Gasteiger partial charge is 0.259 e. The number of aromatic nitrogens is 2. The molecule has 4 rings (SSSR count). The molecule has 0 aromatic carbocycles. The maximum Gasteiger partial charge on any atom is 0.259 e. The van der Waals surface area contributed by atoms with E-state index in [0.29, 0.717) is 51.2 Å². The van der Waals surface area contributed by atoms with Crippen molar-refractivity contribution in [1.82, 2.24) is 15.0 Å². The van der Waals surface area contributed by atoms with Gasteiger partial charge in [-0.1, -0.05) is 22.8 Å². The van der Waals surface area contributed by atoms with E-state index in [2.05, 4.69) is 16.7 Å². The van der Waals surface area contributed by atoms with E-state index < -0.39 is 0 Å². The molecule has 0 N–H and O–H groups in total. The summed E-state index contributed by atoms with van der Waals surface area (Å²) in [6.45, 7) is 6.37. The first kappa shape index (κ1) is 18.5. The lowest BCUT2D eigenvalue weighted by Crippen LogP contribution is -2.30. The van der Waals surface area contributed by atoms with Crippen LogP contribution in [-0.4, -0.2) is 27.5 Å². The molecule has 8 heteroatoms. The molecule has 0 aliphatic carbocycles. The topological polar surface area (TPSA) is 72.4 Å². The highest BCUT2D eigenvalue weighted by Crippen LogP contribution is 2.29. The zero-order valence-electron chi connectivity index (χ0n) is 15.0. The van der Waals surface area contributed by atoms with Crippen LogP contribution in [0.15, 0.2) is 58.2 Å². The second kappa shape index (κ2) is 7.61. The number of pyridine rings is 1. The fourth-order valence-corrected chi connectivity index (χ4v) is 4.09. The van der Waals surface area contributed by atoms with Gasteiger partial charge in [0, 0.05) is 11.4 Å². The molecule has 4 heterocycles. The van der Waals surface area contributed by atoms with Crippen molar-refractivity contribution in [2.24, 2.45) is 0 Å². The Morgan fingerprint density at radius 2 is 2.25 bits per heavy atom. The molecule has 0 spiro atoms. The van der Waals surface area contributed by atoms with E-state index in [9.17, 15) is 4.79 Å². The van der Waals surface area contributed by atoms with Gasteiger partial charge in [0.15, 0.2) is 5.76 Å². The summed E-state index contributed by atoms with van der Waals surface area (Å²) in [4.78, 5) is 20.6. The third-order valence-corrected chi connectivity index (χ3v) is 5.45. The van der Waals surface area contributed by atoms with Crippen molar-refractivity contribution in [3.63, 3.8) is 0 Å². The van der Waals surface area contributed by atoms with Gasteiger partial charge in [0.2, 0.25) is 0 Å². The fourth-order valence-electron chi connectivity index (χ4n) is 2.98. The second-order valence-electron chi connectivity index (χ2n) is 6.16. The van der Waals surface area contributed by atoms with Crippen LogP contribution in [0.5, 0.6) is 0 Å². The number of hydrogen-bond acceptors (Lipinski definition) is 6. The molecule has 0 radical (unpaired) electrons. The van der Waals surface area contributed by atoms with Gasteiger partial charge in [-0.15, -0.1) is 17.9 Å². The first-order valence-corrected chi connectivity index (χ1v) is 9.71. The van der Waals surface area contributed by atoms with E-state index in [1.807, 2.05) is 12.1 Å². The highest BCUT2D eigenvalue weighted by Gasteiger charge is 2.24. The molecular formula is C20H16ClN3O3S. The maximum atomic E-state index is 13.5. The molecule has 0 atom stereocenters.